The summed E-state index contributed by atoms with van der Waals surface area (Å²) < 4.78 is 0. The fourth-order valence-electron chi connectivity index (χ4n) is 2.20. The van der Waals surface area contributed by atoms with E-state index in [-0.39, 0.29) is 11.4 Å². The van der Waals surface area contributed by atoms with Gasteiger partial charge in [-0.25, -0.2) is 0 Å². The summed E-state index contributed by atoms with van der Waals surface area (Å²) in [7, 11) is 0. The lowest BCUT2D eigenvalue weighted by Crippen LogP contribution is -2.34. The first kappa shape index (κ1) is 15.7. The Morgan fingerprint density at radius 3 is 2.21 bits per heavy atom. The second-order valence-electron chi connectivity index (χ2n) is 6.14. The number of nitrogens with two attached hydrogens (primary N) is 1. The van der Waals surface area contributed by atoms with Crippen molar-refractivity contribution in [2.75, 3.05) is 0 Å². The van der Waals surface area contributed by atoms with E-state index in [2.05, 4.69) is 38.2 Å². The summed E-state index contributed by atoms with van der Waals surface area (Å²) in [6.07, 6.45) is 1.18. The Hall–Kier alpha value is -1.35. The number of rotatable bonds is 5. The summed E-state index contributed by atoms with van der Waals surface area (Å²) in [5.74, 6) is 0.0675. The third-order valence-electron chi connectivity index (χ3n) is 3.30. The number of carbonyl (C=O) groups is 1. The normalized spacial score (nSPS) is 11.5. The molecule has 1 aromatic rings. The molecule has 1 aromatic carbocycles. The molecule has 0 heterocycles. The topological polar surface area (TPSA) is 55.1 Å². The van der Waals surface area contributed by atoms with Gasteiger partial charge in [0, 0.05) is 18.5 Å². The van der Waals surface area contributed by atoms with Crippen molar-refractivity contribution in [3.8, 4) is 0 Å². The smallest absolute Gasteiger partial charge is 0.220 e. The highest BCUT2D eigenvalue weighted by molar-refractivity contribution is 5.76. The van der Waals surface area contributed by atoms with Gasteiger partial charge in [-0.15, -0.1) is 0 Å². The number of hydrogen-bond donors (Lipinski definition) is 2. The average Bonchev–Trinajstić information content (AvgIpc) is 2.23. The van der Waals surface area contributed by atoms with Crippen molar-refractivity contribution in [2.24, 2.45) is 5.73 Å². The average molecular weight is 262 g/mol. The van der Waals surface area contributed by atoms with Gasteiger partial charge < -0.3 is 11.1 Å². The van der Waals surface area contributed by atoms with Crippen LogP contribution in [0.3, 0.4) is 0 Å². The maximum absolute atomic E-state index is 11.8. The van der Waals surface area contributed by atoms with Crippen molar-refractivity contribution < 1.29 is 4.79 Å². The van der Waals surface area contributed by atoms with Gasteiger partial charge in [-0.2, -0.15) is 0 Å². The zero-order chi connectivity index (χ0) is 14.6. The molecule has 0 unspecified atom stereocenters. The van der Waals surface area contributed by atoms with E-state index in [1.54, 1.807) is 0 Å². The SMILES string of the molecule is Cc1cc(C)c(CNC(=O)CCC(C)(C)N)c(C)c1. The molecule has 0 fully saturated rings. The summed E-state index contributed by atoms with van der Waals surface area (Å²) in [6, 6.07) is 4.30. The number of nitrogens with one attached hydrogen (secondary N) is 1. The molecule has 0 saturated carbocycles. The van der Waals surface area contributed by atoms with Gasteiger partial charge in [0.05, 0.1) is 0 Å². The van der Waals surface area contributed by atoms with Gasteiger partial charge in [-0.1, -0.05) is 17.7 Å². The number of carbonyl (C=O) groups excluding carboxylic acids is 1. The Kier molecular flexibility index (Phi) is 5.12. The Balaban J connectivity index is 2.56. The molecule has 106 valence electrons. The first-order valence-electron chi connectivity index (χ1n) is 6.81. The van der Waals surface area contributed by atoms with Crippen LogP contribution in [0.15, 0.2) is 12.1 Å². The van der Waals surface area contributed by atoms with Crippen LogP contribution in [-0.2, 0) is 11.3 Å². The maximum atomic E-state index is 11.8. The number of amides is 1. The first-order chi connectivity index (χ1) is 8.69. The molecule has 0 atom stereocenters. The summed E-state index contributed by atoms with van der Waals surface area (Å²) >= 11 is 0. The lowest BCUT2D eigenvalue weighted by Gasteiger charge is -2.18. The van der Waals surface area contributed by atoms with Crippen LogP contribution in [0.1, 0.15) is 48.9 Å². The molecule has 19 heavy (non-hydrogen) atoms. The quantitative estimate of drug-likeness (QED) is 0.857. The van der Waals surface area contributed by atoms with Crippen LogP contribution >= 0.6 is 0 Å². The van der Waals surface area contributed by atoms with E-state index >= 15 is 0 Å². The lowest BCUT2D eigenvalue weighted by molar-refractivity contribution is -0.121. The van der Waals surface area contributed by atoms with Crippen molar-refractivity contribution >= 4 is 5.91 Å². The summed E-state index contributed by atoms with van der Waals surface area (Å²) in [6.45, 7) is 10.7. The summed E-state index contributed by atoms with van der Waals surface area (Å²) in [4.78, 5) is 11.8. The van der Waals surface area contributed by atoms with E-state index < -0.39 is 0 Å². The van der Waals surface area contributed by atoms with Crippen LogP contribution in [0.2, 0.25) is 0 Å². The Labute approximate surface area is 116 Å². The van der Waals surface area contributed by atoms with Gasteiger partial charge in [-0.3, -0.25) is 4.79 Å². The highest BCUT2D eigenvalue weighted by Crippen LogP contribution is 2.16. The Bertz CT molecular complexity index is 435. The second-order valence-corrected chi connectivity index (χ2v) is 6.14. The van der Waals surface area contributed by atoms with Crippen LogP contribution in [0.5, 0.6) is 0 Å². The van der Waals surface area contributed by atoms with E-state index in [0.29, 0.717) is 19.4 Å². The molecular weight excluding hydrogens is 236 g/mol. The molecular formula is C16H26N2O. The van der Waals surface area contributed by atoms with E-state index in [4.69, 9.17) is 5.73 Å². The lowest BCUT2D eigenvalue weighted by atomic mass is 9.99. The molecule has 0 aliphatic rings. The van der Waals surface area contributed by atoms with E-state index in [0.717, 1.165) is 0 Å². The highest BCUT2D eigenvalue weighted by Gasteiger charge is 2.13. The minimum atomic E-state index is -0.285. The monoisotopic (exact) mass is 262 g/mol. The van der Waals surface area contributed by atoms with Crippen LogP contribution in [-0.4, -0.2) is 11.4 Å². The van der Waals surface area contributed by atoms with Gasteiger partial charge in [-0.05, 0) is 57.7 Å². The minimum Gasteiger partial charge on any atom is -0.352 e. The Morgan fingerprint density at radius 1 is 1.21 bits per heavy atom. The molecule has 0 aliphatic carbocycles. The van der Waals surface area contributed by atoms with Gasteiger partial charge in [0.25, 0.3) is 0 Å². The summed E-state index contributed by atoms with van der Waals surface area (Å²) in [5, 5.41) is 2.98. The fourth-order valence-corrected chi connectivity index (χ4v) is 2.20. The largest absolute Gasteiger partial charge is 0.352 e. The second kappa shape index (κ2) is 6.20. The molecule has 0 aromatic heterocycles. The molecule has 0 aliphatic heterocycles. The van der Waals surface area contributed by atoms with Crippen LogP contribution in [0, 0.1) is 20.8 Å². The molecule has 3 N–H and O–H groups in total. The molecule has 0 saturated heterocycles. The van der Waals surface area contributed by atoms with Crippen LogP contribution in [0.4, 0.5) is 0 Å². The van der Waals surface area contributed by atoms with Crippen molar-refractivity contribution in [3.05, 3.63) is 34.4 Å². The molecule has 0 radical (unpaired) electrons. The summed E-state index contributed by atoms with van der Waals surface area (Å²) in [5.41, 5.74) is 10.5. The molecule has 1 rings (SSSR count). The molecule has 0 bridgehead atoms. The maximum Gasteiger partial charge on any atom is 0.220 e. The fraction of sp³-hybridized carbons (Fsp3) is 0.562. The standard InChI is InChI=1S/C16H26N2O/c1-11-8-12(2)14(13(3)9-11)10-18-15(19)6-7-16(4,5)17/h8-9H,6-7,10,17H2,1-5H3,(H,18,19). The van der Waals surface area contributed by atoms with E-state index in [9.17, 15) is 4.79 Å². The zero-order valence-corrected chi connectivity index (χ0v) is 12.8. The third-order valence-corrected chi connectivity index (χ3v) is 3.30. The van der Waals surface area contributed by atoms with Gasteiger partial charge in [0.2, 0.25) is 5.91 Å². The predicted molar refractivity (Wildman–Crippen MR) is 80.0 cm³/mol. The van der Waals surface area contributed by atoms with Gasteiger partial charge >= 0.3 is 0 Å². The molecule has 3 heteroatoms. The van der Waals surface area contributed by atoms with E-state index in [1.165, 1.54) is 22.3 Å². The van der Waals surface area contributed by atoms with Crippen molar-refractivity contribution in [2.45, 2.75) is 59.5 Å². The number of aryl methyl sites for hydroxylation is 3. The predicted octanol–water partition coefficient (Wildman–Crippen LogP) is 2.75. The minimum absolute atomic E-state index is 0.0675. The number of benzene rings is 1. The first-order valence-corrected chi connectivity index (χ1v) is 6.81. The number of hydrogen-bond acceptors (Lipinski definition) is 2. The van der Waals surface area contributed by atoms with E-state index in [1.807, 2.05) is 13.8 Å². The zero-order valence-electron chi connectivity index (χ0n) is 12.8. The molecule has 1 amide bonds. The van der Waals surface area contributed by atoms with Crippen LogP contribution < -0.4 is 11.1 Å². The van der Waals surface area contributed by atoms with Crippen LogP contribution in [0.25, 0.3) is 0 Å². The molecule has 3 nitrogen and oxygen atoms in total. The third kappa shape index (κ3) is 5.43. The van der Waals surface area contributed by atoms with Crippen molar-refractivity contribution in [1.29, 1.82) is 0 Å². The van der Waals surface area contributed by atoms with Gasteiger partial charge in [0.1, 0.15) is 0 Å². The Morgan fingerprint density at radius 2 is 1.74 bits per heavy atom. The molecule has 0 spiro atoms. The highest BCUT2D eigenvalue weighted by atomic mass is 16.1. The van der Waals surface area contributed by atoms with Crippen molar-refractivity contribution in [1.82, 2.24) is 5.32 Å². The van der Waals surface area contributed by atoms with Crippen molar-refractivity contribution in [3.63, 3.8) is 0 Å². The van der Waals surface area contributed by atoms with Gasteiger partial charge in [0.15, 0.2) is 0 Å².